The lowest BCUT2D eigenvalue weighted by Gasteiger charge is -2.19. The number of benzene rings is 3. The second kappa shape index (κ2) is 10.2. The van der Waals surface area contributed by atoms with Gasteiger partial charge in [-0.25, -0.2) is 9.37 Å². The molecule has 1 aliphatic carbocycles. The van der Waals surface area contributed by atoms with Crippen molar-refractivity contribution in [2.24, 2.45) is 0 Å². The predicted octanol–water partition coefficient (Wildman–Crippen LogP) is 3.38. The number of fused-ring (bicyclic) bond motifs is 2. The number of rotatable bonds is 7. The number of carbonyl (C=O) groups is 2. The van der Waals surface area contributed by atoms with Crippen LogP contribution in [0.3, 0.4) is 0 Å². The van der Waals surface area contributed by atoms with Crippen LogP contribution >= 0.6 is 0 Å². The molecule has 1 amide bonds. The summed E-state index contributed by atoms with van der Waals surface area (Å²) in [7, 11) is 9.35. The summed E-state index contributed by atoms with van der Waals surface area (Å²) in [4.78, 5) is 27.0. The van der Waals surface area contributed by atoms with Crippen LogP contribution in [0.5, 0.6) is 0 Å². The molecule has 0 aromatic heterocycles. The lowest BCUT2D eigenvalue weighted by Crippen LogP contribution is -2.27. The molecule has 0 saturated carbocycles. The van der Waals surface area contributed by atoms with Crippen LogP contribution in [0.25, 0.3) is 33.4 Å². The van der Waals surface area contributed by atoms with E-state index >= 15 is 0 Å². The third-order valence-corrected chi connectivity index (χ3v) is 6.10. The number of anilines is 1. The first-order valence-electron chi connectivity index (χ1n) is 11.5. The summed E-state index contributed by atoms with van der Waals surface area (Å²) in [6.45, 7) is 0.697. The number of hydrogen-bond acceptors (Lipinski definition) is 5. The minimum absolute atomic E-state index is 0.0385. The highest BCUT2D eigenvalue weighted by Gasteiger charge is 2.23. The molecule has 36 heavy (non-hydrogen) atoms. The van der Waals surface area contributed by atoms with E-state index in [1.807, 2.05) is 74.1 Å². The van der Waals surface area contributed by atoms with Crippen molar-refractivity contribution in [1.29, 1.82) is 0 Å². The molecule has 0 fully saturated rings. The zero-order valence-corrected chi connectivity index (χ0v) is 21.1. The normalized spacial score (nSPS) is 11.0. The maximum Gasteiger partial charge on any atom is 0.336 e. The number of carboxylic acids is 1. The number of amides is 1. The van der Waals surface area contributed by atoms with Crippen molar-refractivity contribution in [2.45, 2.75) is 0 Å². The number of methoxy groups -OCH3 is 1. The Morgan fingerprint density at radius 3 is 2.44 bits per heavy atom. The van der Waals surface area contributed by atoms with Gasteiger partial charge >= 0.3 is 5.97 Å². The highest BCUT2D eigenvalue weighted by molar-refractivity contribution is 6.09. The van der Waals surface area contributed by atoms with Crippen LogP contribution in [0, 0.1) is 0 Å². The van der Waals surface area contributed by atoms with Gasteiger partial charge in [-0.15, -0.1) is 0 Å². The van der Waals surface area contributed by atoms with E-state index in [2.05, 4.69) is 5.32 Å². The number of aromatic carboxylic acids is 1. The van der Waals surface area contributed by atoms with Gasteiger partial charge in [-0.3, -0.25) is 4.79 Å². The standard InChI is InChI=1S/C28H29N3O5/c1-30(2)18-7-10-21-24(15-18)36-25-16-19(31(3)4)8-11-22(25)26(21)20-9-6-17(14-23(20)28(33)34)27(32)29-12-13-35-5/h6-11,14-16H,12-13H2,1-5H3,(H-,29,32,33,34)/p+1. The average molecular weight is 489 g/mol. The van der Waals surface area contributed by atoms with E-state index in [0.29, 0.717) is 30.1 Å². The largest absolute Gasteiger partial charge is 0.478 e. The Kier molecular flexibility index (Phi) is 7.07. The van der Waals surface area contributed by atoms with Gasteiger partial charge in [0.25, 0.3) is 5.91 Å². The molecule has 186 valence electrons. The molecule has 1 heterocycles. The van der Waals surface area contributed by atoms with Gasteiger partial charge in [-0.05, 0) is 35.9 Å². The van der Waals surface area contributed by atoms with Gasteiger partial charge in [-0.2, -0.15) is 0 Å². The molecule has 0 saturated heterocycles. The monoisotopic (exact) mass is 488 g/mol. The minimum Gasteiger partial charge on any atom is -0.478 e. The van der Waals surface area contributed by atoms with E-state index in [9.17, 15) is 14.7 Å². The Hall–Kier alpha value is -4.17. The van der Waals surface area contributed by atoms with Gasteiger partial charge in [-0.1, -0.05) is 6.07 Å². The smallest absolute Gasteiger partial charge is 0.336 e. The van der Waals surface area contributed by atoms with E-state index in [0.717, 1.165) is 27.6 Å². The minimum atomic E-state index is -1.12. The van der Waals surface area contributed by atoms with Crippen LogP contribution in [-0.2, 0) is 4.74 Å². The third-order valence-electron chi connectivity index (χ3n) is 6.10. The van der Waals surface area contributed by atoms with Crippen LogP contribution in [0.4, 0.5) is 5.69 Å². The molecule has 0 spiro atoms. The van der Waals surface area contributed by atoms with E-state index < -0.39 is 5.97 Å². The van der Waals surface area contributed by atoms with Gasteiger partial charge in [0.05, 0.1) is 18.2 Å². The van der Waals surface area contributed by atoms with Gasteiger partial charge in [0.15, 0.2) is 0 Å². The van der Waals surface area contributed by atoms with Crippen molar-refractivity contribution in [3.8, 4) is 22.5 Å². The maximum absolute atomic E-state index is 12.6. The number of carboxylic acid groups (broad SMARTS) is 1. The molecule has 0 bridgehead atoms. The first kappa shape index (κ1) is 24.9. The van der Waals surface area contributed by atoms with Crippen LogP contribution in [0.2, 0.25) is 0 Å². The number of ether oxygens (including phenoxy) is 1. The van der Waals surface area contributed by atoms with Gasteiger partial charge in [0.2, 0.25) is 5.36 Å². The summed E-state index contributed by atoms with van der Waals surface area (Å²) in [5, 5.41) is 14.6. The van der Waals surface area contributed by atoms with Crippen LogP contribution in [-0.4, -0.2) is 65.4 Å². The first-order valence-corrected chi connectivity index (χ1v) is 11.5. The maximum atomic E-state index is 12.6. The molecule has 1 aliphatic heterocycles. The van der Waals surface area contributed by atoms with Crippen molar-refractivity contribution in [3.05, 3.63) is 71.1 Å². The molecule has 2 aromatic rings. The molecular weight excluding hydrogens is 458 g/mol. The zero-order valence-electron chi connectivity index (χ0n) is 21.1. The fourth-order valence-electron chi connectivity index (χ4n) is 4.16. The van der Waals surface area contributed by atoms with Crippen molar-refractivity contribution in [1.82, 2.24) is 9.89 Å². The summed E-state index contributed by atoms with van der Waals surface area (Å²) < 4.78 is 13.3. The Labute approximate surface area is 209 Å². The summed E-state index contributed by atoms with van der Waals surface area (Å²) in [5.41, 5.74) is 3.94. The molecule has 0 radical (unpaired) electrons. The highest BCUT2D eigenvalue weighted by Crippen LogP contribution is 2.42. The van der Waals surface area contributed by atoms with Crippen molar-refractivity contribution < 1.29 is 23.8 Å². The average Bonchev–Trinajstić information content (AvgIpc) is 2.86. The van der Waals surface area contributed by atoms with E-state index in [1.54, 1.807) is 19.2 Å². The second-order valence-corrected chi connectivity index (χ2v) is 8.94. The molecule has 0 atom stereocenters. The fourth-order valence-corrected chi connectivity index (χ4v) is 4.16. The first-order chi connectivity index (χ1) is 17.2. The zero-order chi connectivity index (χ0) is 26.0. The molecule has 2 aromatic carbocycles. The molecule has 4 rings (SSSR count). The van der Waals surface area contributed by atoms with E-state index in [1.165, 1.54) is 6.07 Å². The molecule has 2 aliphatic rings. The molecular formula is C28H30N3O5+. The van der Waals surface area contributed by atoms with Crippen molar-refractivity contribution in [2.75, 3.05) is 53.4 Å². The summed E-state index contributed by atoms with van der Waals surface area (Å²) in [6, 6.07) is 16.5. The van der Waals surface area contributed by atoms with E-state index in [-0.39, 0.29) is 17.0 Å². The van der Waals surface area contributed by atoms with Crippen LogP contribution in [0.1, 0.15) is 20.7 Å². The van der Waals surface area contributed by atoms with Gasteiger partial charge in [0, 0.05) is 67.6 Å². The second-order valence-electron chi connectivity index (χ2n) is 8.94. The SMILES string of the molecule is COCCNC(=O)c1ccc(-c2c3ccc(=[N+](C)C)cc-3oc3cc(N(C)C)ccc23)c(C(=O)O)c1. The molecule has 0 unspecified atom stereocenters. The number of hydrogen-bond donors (Lipinski definition) is 2. The van der Waals surface area contributed by atoms with Crippen LogP contribution < -0.4 is 20.1 Å². The van der Waals surface area contributed by atoms with Crippen LogP contribution in [0.15, 0.2) is 59.0 Å². The lowest BCUT2D eigenvalue weighted by molar-refractivity contribution is 0.0697. The van der Waals surface area contributed by atoms with Gasteiger partial charge < -0.3 is 24.5 Å². The number of nitrogens with one attached hydrogen (secondary N) is 1. The quantitative estimate of drug-likeness (QED) is 0.235. The molecule has 8 heteroatoms. The predicted molar refractivity (Wildman–Crippen MR) is 141 cm³/mol. The number of nitrogens with zero attached hydrogens (tertiary/aromatic N) is 2. The topological polar surface area (TPSA) is 95.0 Å². The fraction of sp³-hybridized carbons (Fsp3) is 0.250. The Balaban J connectivity index is 2.00. The molecule has 2 N–H and O–H groups in total. The highest BCUT2D eigenvalue weighted by atomic mass is 16.5. The third kappa shape index (κ3) is 4.81. The molecule has 8 nitrogen and oxygen atoms in total. The Morgan fingerprint density at radius 1 is 1.03 bits per heavy atom. The Bertz CT molecular complexity index is 1500. The summed E-state index contributed by atoms with van der Waals surface area (Å²) >= 11 is 0. The lowest BCUT2D eigenvalue weighted by atomic mass is 9.89. The van der Waals surface area contributed by atoms with Crippen molar-refractivity contribution in [3.63, 3.8) is 0 Å². The van der Waals surface area contributed by atoms with E-state index in [4.69, 9.17) is 9.15 Å². The Morgan fingerprint density at radius 2 is 1.78 bits per heavy atom. The summed E-state index contributed by atoms with van der Waals surface area (Å²) in [5.74, 6) is -0.837. The van der Waals surface area contributed by atoms with Gasteiger partial charge in [0.1, 0.15) is 25.4 Å². The van der Waals surface area contributed by atoms with Crippen molar-refractivity contribution >= 4 is 28.5 Å². The number of carbonyl (C=O) groups excluding carboxylic acids is 1. The summed E-state index contributed by atoms with van der Waals surface area (Å²) in [6.07, 6.45) is 0.